The highest BCUT2D eigenvalue weighted by Gasteiger charge is 2.17. The van der Waals surface area contributed by atoms with Crippen molar-refractivity contribution >= 4 is 39.3 Å². The third-order valence-electron chi connectivity index (χ3n) is 4.11. The molecule has 0 saturated heterocycles. The van der Waals surface area contributed by atoms with E-state index in [1.807, 2.05) is 60.9 Å². The summed E-state index contributed by atoms with van der Waals surface area (Å²) in [5.74, 6) is 1.61. The van der Waals surface area contributed by atoms with Crippen molar-refractivity contribution < 1.29 is 9.53 Å². The molecule has 0 bridgehead atoms. The largest absolute Gasteiger partial charge is 0.496 e. The van der Waals surface area contributed by atoms with Crippen LogP contribution in [-0.4, -0.2) is 33.5 Å². The van der Waals surface area contributed by atoms with E-state index >= 15 is 0 Å². The van der Waals surface area contributed by atoms with Gasteiger partial charge in [0.15, 0.2) is 11.0 Å². The molecule has 0 atom stereocenters. The first-order valence-corrected chi connectivity index (χ1v) is 10.6. The van der Waals surface area contributed by atoms with Gasteiger partial charge < -0.3 is 14.6 Å². The summed E-state index contributed by atoms with van der Waals surface area (Å²) in [7, 11) is 1.63. The zero-order chi connectivity index (χ0) is 20.1. The van der Waals surface area contributed by atoms with Crippen molar-refractivity contribution in [2.24, 2.45) is 0 Å². The predicted molar refractivity (Wildman–Crippen MR) is 116 cm³/mol. The number of hydrogen-bond donors (Lipinski definition) is 1. The number of aromatic nitrogens is 3. The van der Waals surface area contributed by atoms with E-state index in [1.165, 1.54) is 11.8 Å². The standard InChI is InChI=1S/C20H21BrN4O2S/c1-4-25-19(14-7-5-6-8-17(14)27-3)23-24-20(25)28-12-18(26)22-16-10-9-13(2)11-15(16)21/h5-11H,4,12H2,1-3H3,(H,22,26). The molecule has 0 unspecified atom stereocenters. The Morgan fingerprint density at radius 1 is 1.25 bits per heavy atom. The average Bonchev–Trinajstić information content (AvgIpc) is 3.11. The van der Waals surface area contributed by atoms with E-state index in [1.54, 1.807) is 7.11 Å². The lowest BCUT2D eigenvalue weighted by molar-refractivity contribution is -0.113. The minimum Gasteiger partial charge on any atom is -0.496 e. The number of anilines is 1. The number of rotatable bonds is 7. The van der Waals surface area contributed by atoms with Crippen molar-refractivity contribution in [1.29, 1.82) is 0 Å². The predicted octanol–water partition coefficient (Wildman–Crippen LogP) is 4.78. The van der Waals surface area contributed by atoms with Crippen molar-refractivity contribution in [2.75, 3.05) is 18.2 Å². The smallest absolute Gasteiger partial charge is 0.234 e. The summed E-state index contributed by atoms with van der Waals surface area (Å²) in [6.07, 6.45) is 0. The van der Waals surface area contributed by atoms with Gasteiger partial charge in [-0.1, -0.05) is 30.0 Å². The normalized spacial score (nSPS) is 10.7. The number of aryl methyl sites for hydroxylation is 1. The minimum atomic E-state index is -0.0981. The topological polar surface area (TPSA) is 69.0 Å². The number of carbonyl (C=O) groups excluding carboxylic acids is 1. The number of nitrogens with zero attached hydrogens (tertiary/aromatic N) is 3. The number of methoxy groups -OCH3 is 1. The molecule has 1 heterocycles. The van der Waals surface area contributed by atoms with Crippen molar-refractivity contribution in [2.45, 2.75) is 25.5 Å². The van der Waals surface area contributed by atoms with E-state index in [0.717, 1.165) is 32.9 Å². The van der Waals surface area contributed by atoms with Crippen molar-refractivity contribution in [1.82, 2.24) is 14.8 Å². The van der Waals surface area contributed by atoms with Crippen LogP contribution in [-0.2, 0) is 11.3 Å². The Bertz CT molecular complexity index is 990. The Hall–Kier alpha value is -2.32. The molecule has 28 heavy (non-hydrogen) atoms. The summed E-state index contributed by atoms with van der Waals surface area (Å²) in [4.78, 5) is 12.4. The van der Waals surface area contributed by atoms with Crippen molar-refractivity contribution in [3.8, 4) is 17.1 Å². The number of hydrogen-bond acceptors (Lipinski definition) is 5. The first-order valence-electron chi connectivity index (χ1n) is 8.78. The Morgan fingerprint density at radius 2 is 2.04 bits per heavy atom. The molecule has 0 fully saturated rings. The maximum Gasteiger partial charge on any atom is 0.234 e. The first kappa shape index (κ1) is 20.4. The van der Waals surface area contributed by atoms with Crippen LogP contribution in [0.3, 0.4) is 0 Å². The molecule has 0 aliphatic rings. The van der Waals surface area contributed by atoms with E-state index in [0.29, 0.717) is 11.7 Å². The van der Waals surface area contributed by atoms with Gasteiger partial charge in [0, 0.05) is 11.0 Å². The highest BCUT2D eigenvalue weighted by atomic mass is 79.9. The molecular weight excluding hydrogens is 440 g/mol. The van der Waals surface area contributed by atoms with E-state index in [9.17, 15) is 4.79 Å². The molecule has 3 rings (SSSR count). The highest BCUT2D eigenvalue weighted by Crippen LogP contribution is 2.31. The molecule has 1 amide bonds. The third-order valence-corrected chi connectivity index (χ3v) is 5.73. The third kappa shape index (κ3) is 4.56. The van der Waals surface area contributed by atoms with E-state index in [4.69, 9.17) is 4.74 Å². The van der Waals surface area contributed by atoms with Crippen molar-refractivity contribution in [3.63, 3.8) is 0 Å². The molecule has 2 aromatic carbocycles. The Balaban J connectivity index is 1.73. The SMILES string of the molecule is CCn1c(SCC(=O)Nc2ccc(C)cc2Br)nnc1-c1ccccc1OC. The molecular formula is C20H21BrN4O2S. The van der Waals surface area contributed by atoms with Gasteiger partial charge in [-0.2, -0.15) is 0 Å². The molecule has 1 N–H and O–H groups in total. The summed E-state index contributed by atoms with van der Waals surface area (Å²) in [5, 5.41) is 12.2. The lowest BCUT2D eigenvalue weighted by atomic mass is 10.2. The number of para-hydroxylation sites is 1. The zero-order valence-electron chi connectivity index (χ0n) is 15.9. The second-order valence-electron chi connectivity index (χ2n) is 6.07. The molecule has 0 spiro atoms. The number of ether oxygens (including phenoxy) is 1. The molecule has 3 aromatic rings. The van der Waals surface area contributed by atoms with Crippen LogP contribution >= 0.6 is 27.7 Å². The van der Waals surface area contributed by atoms with E-state index < -0.39 is 0 Å². The van der Waals surface area contributed by atoms with Gasteiger partial charge in [-0.15, -0.1) is 10.2 Å². The molecule has 6 nitrogen and oxygen atoms in total. The molecule has 0 radical (unpaired) electrons. The van der Waals surface area contributed by atoms with Crippen LogP contribution in [0, 0.1) is 6.92 Å². The molecule has 146 valence electrons. The second-order valence-corrected chi connectivity index (χ2v) is 7.87. The maximum atomic E-state index is 12.4. The van der Waals surface area contributed by atoms with Crippen LogP contribution in [0.4, 0.5) is 5.69 Å². The van der Waals surface area contributed by atoms with Gasteiger partial charge in [-0.05, 0) is 59.6 Å². The number of amides is 1. The van der Waals surface area contributed by atoms with Gasteiger partial charge in [-0.25, -0.2) is 0 Å². The van der Waals surface area contributed by atoms with Crippen LogP contribution in [0.15, 0.2) is 52.1 Å². The fourth-order valence-corrected chi connectivity index (χ4v) is 4.14. The van der Waals surface area contributed by atoms with E-state index in [-0.39, 0.29) is 11.7 Å². The fraction of sp³-hybridized carbons (Fsp3) is 0.250. The van der Waals surface area contributed by atoms with Crippen LogP contribution < -0.4 is 10.1 Å². The summed E-state index contributed by atoms with van der Waals surface area (Å²) in [6.45, 7) is 4.72. The number of carbonyl (C=O) groups is 1. The summed E-state index contributed by atoms with van der Waals surface area (Å²) < 4.78 is 8.28. The number of halogens is 1. The van der Waals surface area contributed by atoms with Gasteiger partial charge in [0.1, 0.15) is 5.75 Å². The molecule has 8 heteroatoms. The van der Waals surface area contributed by atoms with E-state index in [2.05, 4.69) is 31.4 Å². The highest BCUT2D eigenvalue weighted by molar-refractivity contribution is 9.10. The van der Waals surface area contributed by atoms with Crippen LogP contribution in [0.5, 0.6) is 5.75 Å². The quantitative estimate of drug-likeness (QED) is 0.513. The molecule has 0 saturated carbocycles. The van der Waals surface area contributed by atoms with Gasteiger partial charge in [0.2, 0.25) is 5.91 Å². The zero-order valence-corrected chi connectivity index (χ0v) is 18.3. The Kier molecular flexibility index (Phi) is 6.74. The van der Waals surface area contributed by atoms with Crippen LogP contribution in [0.2, 0.25) is 0 Å². The lowest BCUT2D eigenvalue weighted by Gasteiger charge is -2.11. The van der Waals surface area contributed by atoms with Gasteiger partial charge in [0.25, 0.3) is 0 Å². The van der Waals surface area contributed by atoms with Gasteiger partial charge in [0.05, 0.1) is 24.1 Å². The minimum absolute atomic E-state index is 0.0981. The fourth-order valence-electron chi connectivity index (χ4n) is 2.75. The summed E-state index contributed by atoms with van der Waals surface area (Å²) >= 11 is 4.84. The number of benzene rings is 2. The Labute approximate surface area is 176 Å². The average molecular weight is 461 g/mol. The number of nitrogens with one attached hydrogen (secondary N) is 1. The summed E-state index contributed by atoms with van der Waals surface area (Å²) in [6, 6.07) is 13.5. The van der Waals surface area contributed by atoms with Crippen LogP contribution in [0.1, 0.15) is 12.5 Å². The van der Waals surface area contributed by atoms with Gasteiger partial charge in [-0.3, -0.25) is 4.79 Å². The first-order chi connectivity index (χ1) is 13.5. The number of thioether (sulfide) groups is 1. The molecule has 0 aliphatic heterocycles. The Morgan fingerprint density at radius 3 is 2.75 bits per heavy atom. The monoisotopic (exact) mass is 460 g/mol. The van der Waals surface area contributed by atoms with Crippen molar-refractivity contribution in [3.05, 3.63) is 52.5 Å². The lowest BCUT2D eigenvalue weighted by Crippen LogP contribution is -2.15. The second kappa shape index (κ2) is 9.25. The van der Waals surface area contributed by atoms with Gasteiger partial charge >= 0.3 is 0 Å². The summed E-state index contributed by atoms with van der Waals surface area (Å²) in [5.41, 5.74) is 2.75. The van der Waals surface area contributed by atoms with Crippen LogP contribution in [0.25, 0.3) is 11.4 Å². The molecule has 0 aliphatic carbocycles. The maximum absolute atomic E-state index is 12.4. The molecule has 1 aromatic heterocycles.